The van der Waals surface area contributed by atoms with Crippen molar-refractivity contribution >= 4 is 28.6 Å². The van der Waals surface area contributed by atoms with Gasteiger partial charge in [0, 0.05) is 7.05 Å². The number of nitrogens with zero attached hydrogens (tertiary/aromatic N) is 3. The summed E-state index contributed by atoms with van der Waals surface area (Å²) in [6, 6.07) is 4.75. The van der Waals surface area contributed by atoms with Crippen LogP contribution in [-0.2, 0) is 13.7 Å². The minimum absolute atomic E-state index is 0.198. The highest BCUT2D eigenvalue weighted by Gasteiger charge is 2.09. The molecule has 94 valence electrons. The molecule has 0 saturated carbocycles. The van der Waals surface area contributed by atoms with Crippen LogP contribution in [-0.4, -0.2) is 25.8 Å². The number of carboxylic acid groups (broad SMARTS) is 1. The highest BCUT2D eigenvalue weighted by atomic mass is 127. The maximum atomic E-state index is 10.9. The molecular formula is C11H10IN3O3. The monoisotopic (exact) mass is 359 g/mol. The van der Waals surface area contributed by atoms with Crippen molar-refractivity contribution in [2.24, 2.45) is 7.05 Å². The summed E-state index contributed by atoms with van der Waals surface area (Å²) in [4.78, 5) is 10.9. The summed E-state index contributed by atoms with van der Waals surface area (Å²) in [7, 11) is 1.82. The predicted octanol–water partition coefficient (Wildman–Crippen LogP) is 1.70. The van der Waals surface area contributed by atoms with Gasteiger partial charge in [0.2, 0.25) is 0 Å². The molecule has 2 aromatic rings. The number of rotatable bonds is 4. The minimum Gasteiger partial charge on any atom is -0.484 e. The van der Waals surface area contributed by atoms with Crippen molar-refractivity contribution < 1.29 is 14.6 Å². The molecular weight excluding hydrogens is 349 g/mol. The normalized spacial score (nSPS) is 10.3. The van der Waals surface area contributed by atoms with Gasteiger partial charge < -0.3 is 14.4 Å². The molecule has 1 N–H and O–H groups in total. The van der Waals surface area contributed by atoms with Gasteiger partial charge in [-0.2, -0.15) is 0 Å². The maximum Gasteiger partial charge on any atom is 0.335 e. The molecule has 6 nitrogen and oxygen atoms in total. The van der Waals surface area contributed by atoms with Gasteiger partial charge in [-0.15, -0.1) is 10.2 Å². The summed E-state index contributed by atoms with van der Waals surface area (Å²) in [6.45, 7) is 0.246. The van der Waals surface area contributed by atoms with Crippen LogP contribution in [0.3, 0.4) is 0 Å². The Labute approximate surface area is 117 Å². The smallest absolute Gasteiger partial charge is 0.335 e. The van der Waals surface area contributed by atoms with E-state index in [0.29, 0.717) is 11.6 Å². The molecule has 0 fully saturated rings. The number of halogens is 1. The molecule has 0 aliphatic rings. The molecule has 0 atom stereocenters. The highest BCUT2D eigenvalue weighted by molar-refractivity contribution is 14.1. The second-order valence-electron chi connectivity index (χ2n) is 3.60. The zero-order chi connectivity index (χ0) is 13.1. The van der Waals surface area contributed by atoms with Gasteiger partial charge in [0.25, 0.3) is 0 Å². The molecule has 7 heteroatoms. The second kappa shape index (κ2) is 5.34. The Balaban J connectivity index is 2.16. The van der Waals surface area contributed by atoms with E-state index in [2.05, 4.69) is 32.8 Å². The first-order chi connectivity index (χ1) is 8.58. The fourth-order valence-electron chi connectivity index (χ4n) is 1.33. The van der Waals surface area contributed by atoms with Crippen molar-refractivity contribution in [2.75, 3.05) is 0 Å². The Morgan fingerprint density at radius 3 is 2.94 bits per heavy atom. The Hall–Kier alpha value is -1.64. The Bertz CT molecular complexity index is 583. The fourth-order valence-corrected chi connectivity index (χ4v) is 1.82. The molecule has 18 heavy (non-hydrogen) atoms. The second-order valence-corrected chi connectivity index (χ2v) is 4.76. The SMILES string of the molecule is Cn1cnnc1COc1cc(C(=O)O)ccc1I. The average molecular weight is 359 g/mol. The summed E-state index contributed by atoms with van der Waals surface area (Å²) < 4.78 is 8.15. The first kappa shape index (κ1) is 12.8. The van der Waals surface area contributed by atoms with E-state index in [1.807, 2.05) is 7.05 Å². The van der Waals surface area contributed by atoms with Crippen LogP contribution < -0.4 is 4.74 Å². The topological polar surface area (TPSA) is 77.2 Å². The first-order valence-electron chi connectivity index (χ1n) is 5.06. The van der Waals surface area contributed by atoms with E-state index in [9.17, 15) is 4.79 Å². The molecule has 1 heterocycles. The molecule has 0 saturated heterocycles. The molecule has 0 unspecified atom stereocenters. The van der Waals surface area contributed by atoms with Crippen LogP contribution in [0.25, 0.3) is 0 Å². The van der Waals surface area contributed by atoms with Gasteiger partial charge in [0.1, 0.15) is 18.7 Å². The van der Waals surface area contributed by atoms with E-state index in [1.165, 1.54) is 6.07 Å². The molecule has 1 aromatic carbocycles. The van der Waals surface area contributed by atoms with E-state index < -0.39 is 5.97 Å². The average Bonchev–Trinajstić information content (AvgIpc) is 2.73. The predicted molar refractivity (Wildman–Crippen MR) is 71.5 cm³/mol. The molecule has 0 aliphatic carbocycles. The van der Waals surface area contributed by atoms with Gasteiger partial charge in [-0.05, 0) is 40.8 Å². The lowest BCUT2D eigenvalue weighted by Gasteiger charge is -2.08. The van der Waals surface area contributed by atoms with Crippen LogP contribution in [0.1, 0.15) is 16.2 Å². The van der Waals surface area contributed by atoms with Gasteiger partial charge in [-0.3, -0.25) is 0 Å². The van der Waals surface area contributed by atoms with E-state index in [-0.39, 0.29) is 12.2 Å². The number of hydrogen-bond acceptors (Lipinski definition) is 4. The van der Waals surface area contributed by atoms with Crippen molar-refractivity contribution in [1.29, 1.82) is 0 Å². The fraction of sp³-hybridized carbons (Fsp3) is 0.182. The number of aryl methyl sites for hydroxylation is 1. The van der Waals surface area contributed by atoms with Crippen LogP contribution in [0.15, 0.2) is 24.5 Å². The van der Waals surface area contributed by atoms with E-state index in [4.69, 9.17) is 9.84 Å². The third kappa shape index (κ3) is 2.78. The van der Waals surface area contributed by atoms with Crippen molar-refractivity contribution in [2.45, 2.75) is 6.61 Å². The van der Waals surface area contributed by atoms with Gasteiger partial charge >= 0.3 is 5.97 Å². The van der Waals surface area contributed by atoms with Gasteiger partial charge in [-0.25, -0.2) is 4.79 Å². The third-order valence-electron chi connectivity index (χ3n) is 2.34. The Morgan fingerprint density at radius 1 is 1.56 bits per heavy atom. The van der Waals surface area contributed by atoms with Crippen molar-refractivity contribution in [1.82, 2.24) is 14.8 Å². The maximum absolute atomic E-state index is 10.9. The minimum atomic E-state index is -0.977. The van der Waals surface area contributed by atoms with Gasteiger partial charge in [0.05, 0.1) is 9.13 Å². The molecule has 0 radical (unpaired) electrons. The summed E-state index contributed by atoms with van der Waals surface area (Å²) >= 11 is 2.09. The van der Waals surface area contributed by atoms with Crippen LogP contribution in [0.2, 0.25) is 0 Å². The van der Waals surface area contributed by atoms with Crippen LogP contribution in [0.4, 0.5) is 0 Å². The summed E-state index contributed by atoms with van der Waals surface area (Å²) in [5.41, 5.74) is 0.198. The number of hydrogen-bond donors (Lipinski definition) is 1. The molecule has 2 rings (SSSR count). The van der Waals surface area contributed by atoms with Crippen molar-refractivity contribution in [3.63, 3.8) is 0 Å². The zero-order valence-electron chi connectivity index (χ0n) is 9.50. The standard InChI is InChI=1S/C11H10IN3O3/c1-15-6-13-14-10(15)5-18-9-4-7(11(16)17)2-3-8(9)12/h2-4,6H,5H2,1H3,(H,16,17). The summed E-state index contributed by atoms with van der Waals surface area (Å²) in [5, 5.41) is 16.5. The largest absolute Gasteiger partial charge is 0.484 e. The zero-order valence-corrected chi connectivity index (χ0v) is 11.7. The Kier molecular flexibility index (Phi) is 3.80. The van der Waals surface area contributed by atoms with Crippen LogP contribution in [0, 0.1) is 3.57 Å². The third-order valence-corrected chi connectivity index (χ3v) is 3.23. The Morgan fingerprint density at radius 2 is 2.33 bits per heavy atom. The van der Waals surface area contributed by atoms with Gasteiger partial charge in [0.15, 0.2) is 5.82 Å². The number of aromatic nitrogens is 3. The van der Waals surface area contributed by atoms with Gasteiger partial charge in [-0.1, -0.05) is 0 Å². The van der Waals surface area contributed by atoms with Crippen LogP contribution in [0.5, 0.6) is 5.75 Å². The number of aromatic carboxylic acids is 1. The number of carbonyl (C=O) groups is 1. The number of ether oxygens (including phenoxy) is 1. The molecule has 0 bridgehead atoms. The molecule has 0 amide bonds. The lowest BCUT2D eigenvalue weighted by molar-refractivity contribution is 0.0696. The molecule has 0 aliphatic heterocycles. The molecule has 0 spiro atoms. The van der Waals surface area contributed by atoms with E-state index in [0.717, 1.165) is 3.57 Å². The molecule has 1 aromatic heterocycles. The number of benzene rings is 1. The summed E-state index contributed by atoms with van der Waals surface area (Å²) in [5.74, 6) is 0.222. The van der Waals surface area contributed by atoms with Crippen molar-refractivity contribution in [3.8, 4) is 5.75 Å². The lowest BCUT2D eigenvalue weighted by Crippen LogP contribution is -2.05. The van der Waals surface area contributed by atoms with Crippen LogP contribution >= 0.6 is 22.6 Å². The van der Waals surface area contributed by atoms with E-state index >= 15 is 0 Å². The summed E-state index contributed by atoms with van der Waals surface area (Å²) in [6.07, 6.45) is 1.58. The quantitative estimate of drug-likeness (QED) is 0.841. The first-order valence-corrected chi connectivity index (χ1v) is 6.14. The number of carboxylic acids is 1. The van der Waals surface area contributed by atoms with Crippen molar-refractivity contribution in [3.05, 3.63) is 39.5 Å². The van der Waals surface area contributed by atoms with E-state index in [1.54, 1.807) is 23.0 Å². The lowest BCUT2D eigenvalue weighted by atomic mass is 10.2. The highest BCUT2D eigenvalue weighted by Crippen LogP contribution is 2.23.